The van der Waals surface area contributed by atoms with E-state index in [1.807, 2.05) is 0 Å². The molecule has 1 N–H and O–H groups in total. The van der Waals surface area contributed by atoms with Gasteiger partial charge >= 0.3 is 0 Å². The first-order valence-electron chi connectivity index (χ1n) is 10.5. The Morgan fingerprint density at radius 2 is 1.93 bits per heavy atom. The van der Waals surface area contributed by atoms with Crippen LogP contribution in [0.1, 0.15) is 52.9 Å². The monoisotopic (exact) mass is 439 g/mol. The van der Waals surface area contributed by atoms with Gasteiger partial charge in [-0.15, -0.1) is 0 Å². The summed E-state index contributed by atoms with van der Waals surface area (Å²) in [7, 11) is -3.69. The van der Waals surface area contributed by atoms with E-state index in [4.69, 9.17) is 11.6 Å². The number of nitrogens with one attached hydrogen (secondary N) is 1. The molecule has 1 saturated heterocycles. The van der Waals surface area contributed by atoms with Crippen molar-refractivity contribution in [3.8, 4) is 0 Å². The zero-order valence-corrected chi connectivity index (χ0v) is 18.9. The quantitative estimate of drug-likeness (QED) is 0.728. The van der Waals surface area contributed by atoms with Crippen molar-refractivity contribution in [1.82, 2.24) is 14.6 Å². The highest BCUT2D eigenvalue weighted by Gasteiger charge is 2.61. The van der Waals surface area contributed by atoms with E-state index in [2.05, 4.69) is 31.1 Å². The van der Waals surface area contributed by atoms with E-state index in [-0.39, 0.29) is 38.7 Å². The van der Waals surface area contributed by atoms with Crippen LogP contribution in [0.2, 0.25) is 5.15 Å². The fraction of sp³-hybridized carbons (Fsp3) is 0.714. The second kappa shape index (κ2) is 7.20. The zero-order chi connectivity index (χ0) is 21.0. The minimum absolute atomic E-state index is 0.0143. The molecule has 1 aromatic rings. The fourth-order valence-corrected chi connectivity index (χ4v) is 7.67. The summed E-state index contributed by atoms with van der Waals surface area (Å²) in [5.41, 5.74) is 0.403. The number of hydrogen-bond donors (Lipinski definition) is 1. The molecule has 1 aromatic heterocycles. The van der Waals surface area contributed by atoms with Crippen LogP contribution >= 0.6 is 11.6 Å². The van der Waals surface area contributed by atoms with Crippen LogP contribution < -0.4 is 5.32 Å². The summed E-state index contributed by atoms with van der Waals surface area (Å²) in [6, 6.07) is 3.26. The molecular formula is C21H30ClN3O3S. The van der Waals surface area contributed by atoms with Gasteiger partial charge in [-0.2, -0.15) is 4.31 Å². The van der Waals surface area contributed by atoms with Gasteiger partial charge in [-0.1, -0.05) is 32.4 Å². The molecule has 3 aliphatic rings. The molecule has 2 saturated carbocycles. The summed E-state index contributed by atoms with van der Waals surface area (Å²) >= 11 is 5.99. The Labute approximate surface area is 178 Å². The van der Waals surface area contributed by atoms with Crippen molar-refractivity contribution < 1.29 is 13.2 Å². The van der Waals surface area contributed by atoms with Crippen LogP contribution in [0.5, 0.6) is 0 Å². The minimum Gasteiger partial charge on any atom is -0.353 e. The molecule has 29 heavy (non-hydrogen) atoms. The van der Waals surface area contributed by atoms with Crippen LogP contribution in [-0.2, 0) is 14.8 Å². The molecular weight excluding hydrogens is 410 g/mol. The Bertz CT molecular complexity index is 912. The molecule has 0 aromatic carbocycles. The summed E-state index contributed by atoms with van der Waals surface area (Å²) in [6.07, 6.45) is 6.00. The first-order valence-corrected chi connectivity index (χ1v) is 12.3. The summed E-state index contributed by atoms with van der Waals surface area (Å²) in [6.45, 7) is 7.63. The number of carbonyl (C=O) groups excluding carboxylic acids is 1. The van der Waals surface area contributed by atoms with Crippen LogP contribution in [0.25, 0.3) is 0 Å². The van der Waals surface area contributed by atoms with Crippen molar-refractivity contribution in [3.05, 3.63) is 23.5 Å². The number of sulfonamides is 1. The smallest absolute Gasteiger partial charge is 0.246 e. The third-order valence-electron chi connectivity index (χ3n) is 8.28. The number of carbonyl (C=O) groups is 1. The van der Waals surface area contributed by atoms with Gasteiger partial charge in [0.25, 0.3) is 0 Å². The summed E-state index contributed by atoms with van der Waals surface area (Å²) < 4.78 is 27.1. The lowest BCUT2D eigenvalue weighted by Crippen LogP contribution is -2.50. The Hall–Kier alpha value is -1.18. The highest BCUT2D eigenvalue weighted by Crippen LogP contribution is 2.65. The molecule has 3 unspecified atom stereocenters. The van der Waals surface area contributed by atoms with Gasteiger partial charge < -0.3 is 5.32 Å². The van der Waals surface area contributed by atoms with Gasteiger partial charge in [0.15, 0.2) is 0 Å². The molecule has 0 spiro atoms. The molecule has 3 fully saturated rings. The molecule has 4 rings (SSSR count). The van der Waals surface area contributed by atoms with E-state index in [0.717, 1.165) is 12.8 Å². The van der Waals surface area contributed by atoms with Crippen LogP contribution in [0.3, 0.4) is 0 Å². The van der Waals surface area contributed by atoms with E-state index in [9.17, 15) is 13.2 Å². The number of amides is 1. The van der Waals surface area contributed by atoms with Gasteiger partial charge in [-0.3, -0.25) is 4.79 Å². The van der Waals surface area contributed by atoms with Gasteiger partial charge in [0.2, 0.25) is 15.9 Å². The zero-order valence-electron chi connectivity index (χ0n) is 17.3. The van der Waals surface area contributed by atoms with E-state index in [1.165, 1.54) is 23.0 Å². The Morgan fingerprint density at radius 1 is 1.24 bits per heavy atom. The Morgan fingerprint density at radius 3 is 2.48 bits per heavy atom. The van der Waals surface area contributed by atoms with Gasteiger partial charge in [0.1, 0.15) is 10.0 Å². The van der Waals surface area contributed by atoms with Gasteiger partial charge in [0.05, 0.1) is 0 Å². The number of halogens is 1. The van der Waals surface area contributed by atoms with E-state index in [0.29, 0.717) is 31.8 Å². The van der Waals surface area contributed by atoms with Crippen LogP contribution in [0, 0.1) is 22.7 Å². The van der Waals surface area contributed by atoms with Crippen molar-refractivity contribution in [2.24, 2.45) is 22.7 Å². The second-order valence-electron chi connectivity index (χ2n) is 9.64. The number of hydrogen-bond acceptors (Lipinski definition) is 4. The lowest BCUT2D eigenvalue weighted by Gasteiger charge is -2.40. The topological polar surface area (TPSA) is 79.4 Å². The SMILES string of the molecule is CC1(C)C2CCC1(C)C(NC(=O)C1CCN(S(=O)(=O)c3cccnc3Cl)CC1)C2. The Kier molecular flexibility index (Phi) is 5.23. The second-order valence-corrected chi connectivity index (χ2v) is 11.9. The van der Waals surface area contributed by atoms with Gasteiger partial charge in [0, 0.05) is 31.2 Å². The minimum atomic E-state index is -3.69. The lowest BCUT2D eigenvalue weighted by molar-refractivity contribution is -0.127. The van der Waals surface area contributed by atoms with Crippen molar-refractivity contribution in [2.45, 2.75) is 63.8 Å². The summed E-state index contributed by atoms with van der Waals surface area (Å²) in [5.74, 6) is 0.613. The number of piperidine rings is 1. The maximum Gasteiger partial charge on any atom is 0.246 e. The number of pyridine rings is 1. The molecule has 8 heteroatoms. The first kappa shape index (κ1) is 21.1. The average molecular weight is 440 g/mol. The predicted octanol–water partition coefficient (Wildman–Crippen LogP) is 3.47. The maximum absolute atomic E-state index is 13.0. The first-order chi connectivity index (χ1) is 13.6. The standard InChI is InChI=1S/C21H30ClN3O3S/c1-20(2)15-6-9-21(20,3)17(13-15)24-19(26)14-7-11-25(12-8-14)29(27,28)16-5-4-10-23-18(16)22/h4-5,10,14-15,17H,6-9,11-13H2,1-3H3,(H,24,26). The Balaban J connectivity index is 1.38. The van der Waals surface area contributed by atoms with Crippen molar-refractivity contribution >= 4 is 27.5 Å². The molecule has 3 atom stereocenters. The summed E-state index contributed by atoms with van der Waals surface area (Å²) in [4.78, 5) is 16.9. The van der Waals surface area contributed by atoms with Crippen LogP contribution in [-0.4, -0.2) is 42.7 Å². The van der Waals surface area contributed by atoms with Crippen LogP contribution in [0.15, 0.2) is 23.2 Å². The van der Waals surface area contributed by atoms with Gasteiger partial charge in [-0.05, 0) is 61.0 Å². The van der Waals surface area contributed by atoms with Gasteiger partial charge in [-0.25, -0.2) is 13.4 Å². The highest BCUT2D eigenvalue weighted by atomic mass is 35.5. The predicted molar refractivity (Wildman–Crippen MR) is 112 cm³/mol. The molecule has 1 aliphatic heterocycles. The molecule has 160 valence electrons. The van der Waals surface area contributed by atoms with Crippen LogP contribution in [0.4, 0.5) is 0 Å². The third-order valence-corrected chi connectivity index (χ3v) is 10.6. The number of nitrogens with zero attached hydrogens (tertiary/aromatic N) is 2. The highest BCUT2D eigenvalue weighted by molar-refractivity contribution is 7.89. The molecule has 6 nitrogen and oxygen atoms in total. The number of fused-ring (bicyclic) bond motifs is 2. The molecule has 1 amide bonds. The lowest BCUT2D eigenvalue weighted by atomic mass is 9.69. The molecule has 0 radical (unpaired) electrons. The largest absolute Gasteiger partial charge is 0.353 e. The molecule has 2 bridgehead atoms. The fourth-order valence-electron chi connectivity index (χ4n) is 5.77. The average Bonchev–Trinajstić information content (AvgIpc) is 3.02. The maximum atomic E-state index is 13.0. The summed E-state index contributed by atoms with van der Waals surface area (Å²) in [5, 5.41) is 3.32. The van der Waals surface area contributed by atoms with E-state index in [1.54, 1.807) is 6.07 Å². The number of aromatic nitrogens is 1. The normalized spacial score (nSPS) is 32.4. The van der Waals surface area contributed by atoms with Crippen molar-refractivity contribution in [1.29, 1.82) is 0 Å². The molecule has 2 heterocycles. The number of rotatable bonds is 4. The third kappa shape index (κ3) is 3.29. The molecule has 2 aliphatic carbocycles. The van der Waals surface area contributed by atoms with Crippen molar-refractivity contribution in [3.63, 3.8) is 0 Å². The van der Waals surface area contributed by atoms with E-state index >= 15 is 0 Å². The van der Waals surface area contributed by atoms with E-state index < -0.39 is 10.0 Å². The van der Waals surface area contributed by atoms with Crippen molar-refractivity contribution in [2.75, 3.05) is 13.1 Å².